The Hall–Kier alpha value is -1.98. The maximum Gasteiger partial charge on any atom is 0.348 e. The second kappa shape index (κ2) is 9.35. The number of hydrogen-bond acceptors (Lipinski definition) is 7. The number of hydrogen-bond donors (Lipinski definition) is 3. The topological polar surface area (TPSA) is 131 Å². The van der Waals surface area contributed by atoms with Crippen molar-refractivity contribution in [2.75, 3.05) is 26.0 Å². The first-order valence-corrected chi connectivity index (χ1v) is 9.70. The molecule has 0 aromatic carbocycles. The molecule has 1 aromatic heterocycles. The van der Waals surface area contributed by atoms with Gasteiger partial charge in [-0.3, -0.25) is 10.1 Å². The Kier molecular flexibility index (Phi) is 7.82. The number of carbonyl (C=O) groups is 3. The molecule has 11 heteroatoms. The van der Waals surface area contributed by atoms with Gasteiger partial charge in [0.15, 0.2) is 6.61 Å². The number of thiophene rings is 1. The quantitative estimate of drug-likeness (QED) is 0.540. The Balaban J connectivity index is 2.40. The van der Waals surface area contributed by atoms with Gasteiger partial charge in [-0.05, 0) is 25.5 Å². The molecule has 1 aromatic rings. The van der Waals surface area contributed by atoms with Crippen LogP contribution in [0.4, 0.5) is 4.79 Å². The van der Waals surface area contributed by atoms with Gasteiger partial charge in [0, 0.05) is 18.0 Å². The zero-order chi connectivity index (χ0) is 18.2. The van der Waals surface area contributed by atoms with Gasteiger partial charge in [-0.15, -0.1) is 11.3 Å². The van der Waals surface area contributed by atoms with Gasteiger partial charge < -0.3 is 10.1 Å². The molecule has 0 spiro atoms. The van der Waals surface area contributed by atoms with Crippen molar-refractivity contribution in [1.82, 2.24) is 15.4 Å². The van der Waals surface area contributed by atoms with Crippen molar-refractivity contribution >= 4 is 39.3 Å². The molecule has 134 valence electrons. The van der Waals surface area contributed by atoms with Gasteiger partial charge in [-0.25, -0.2) is 22.7 Å². The van der Waals surface area contributed by atoms with Crippen molar-refractivity contribution in [3.63, 3.8) is 0 Å². The number of ether oxygens (including phenoxy) is 1. The largest absolute Gasteiger partial charge is 0.451 e. The molecular weight excluding hydrogens is 358 g/mol. The van der Waals surface area contributed by atoms with Crippen molar-refractivity contribution < 1.29 is 27.5 Å². The van der Waals surface area contributed by atoms with E-state index in [0.717, 1.165) is 22.5 Å². The van der Waals surface area contributed by atoms with E-state index < -0.39 is 34.5 Å². The van der Waals surface area contributed by atoms with E-state index in [1.165, 1.54) is 6.07 Å². The van der Waals surface area contributed by atoms with E-state index in [0.29, 0.717) is 13.0 Å². The molecule has 0 bridgehead atoms. The number of carbonyl (C=O) groups excluding carboxylic acids is 3. The van der Waals surface area contributed by atoms with E-state index in [-0.39, 0.29) is 11.4 Å². The fraction of sp³-hybridized carbons (Fsp3) is 0.462. The lowest BCUT2D eigenvalue weighted by atomic mass is 10.3. The monoisotopic (exact) mass is 377 g/mol. The van der Waals surface area contributed by atoms with Gasteiger partial charge in [-0.1, -0.05) is 0 Å². The fourth-order valence-electron chi connectivity index (χ4n) is 1.55. The second-order valence-corrected chi connectivity index (χ2v) is 7.67. The van der Waals surface area contributed by atoms with E-state index in [4.69, 9.17) is 4.74 Å². The van der Waals surface area contributed by atoms with E-state index in [2.05, 4.69) is 10.0 Å². The fourth-order valence-corrected chi connectivity index (χ4v) is 2.93. The SMILES string of the molecule is CCNC(=O)NC(=O)COC(=O)c1ccc(CCNS(C)(=O)=O)s1. The van der Waals surface area contributed by atoms with Crippen molar-refractivity contribution in [2.24, 2.45) is 0 Å². The number of nitrogens with one attached hydrogen (secondary N) is 3. The lowest BCUT2D eigenvalue weighted by Crippen LogP contribution is -2.41. The zero-order valence-corrected chi connectivity index (χ0v) is 14.9. The van der Waals surface area contributed by atoms with Crippen LogP contribution in [-0.2, 0) is 26.0 Å². The van der Waals surface area contributed by atoms with Gasteiger partial charge in [-0.2, -0.15) is 0 Å². The molecule has 3 N–H and O–H groups in total. The molecule has 0 aliphatic rings. The summed E-state index contributed by atoms with van der Waals surface area (Å²) in [7, 11) is -3.25. The smallest absolute Gasteiger partial charge is 0.348 e. The molecule has 1 rings (SSSR count). The first-order chi connectivity index (χ1) is 11.2. The van der Waals surface area contributed by atoms with Crippen molar-refractivity contribution in [1.29, 1.82) is 0 Å². The minimum atomic E-state index is -3.25. The van der Waals surface area contributed by atoms with Crippen LogP contribution in [0.15, 0.2) is 12.1 Å². The maximum absolute atomic E-state index is 11.8. The average Bonchev–Trinajstić information content (AvgIpc) is 2.92. The van der Waals surface area contributed by atoms with Gasteiger partial charge in [0.25, 0.3) is 5.91 Å². The third-order valence-electron chi connectivity index (χ3n) is 2.52. The normalized spacial score (nSPS) is 10.9. The number of urea groups is 1. The summed E-state index contributed by atoms with van der Waals surface area (Å²) in [5, 5.41) is 4.38. The molecule has 0 aliphatic carbocycles. The van der Waals surface area contributed by atoms with Gasteiger partial charge in [0.1, 0.15) is 4.88 Å². The van der Waals surface area contributed by atoms with E-state index >= 15 is 0 Å². The Morgan fingerprint density at radius 1 is 1.25 bits per heavy atom. The molecule has 0 radical (unpaired) electrons. The predicted molar refractivity (Wildman–Crippen MR) is 88.4 cm³/mol. The Morgan fingerprint density at radius 2 is 1.96 bits per heavy atom. The molecule has 0 unspecified atom stereocenters. The third kappa shape index (κ3) is 8.04. The van der Waals surface area contributed by atoms with Crippen LogP contribution in [0, 0.1) is 0 Å². The standard InChI is InChI=1S/C13H19N3O6S2/c1-3-14-13(19)16-11(17)8-22-12(18)10-5-4-9(23-10)6-7-15-24(2,20)21/h4-5,15H,3,6-8H2,1-2H3,(H2,14,16,17,19). The molecule has 3 amide bonds. The molecule has 0 saturated carbocycles. The summed E-state index contributed by atoms with van der Waals surface area (Å²) in [6.07, 6.45) is 1.50. The highest BCUT2D eigenvalue weighted by Crippen LogP contribution is 2.17. The number of amides is 3. The Bertz CT molecular complexity index is 698. The van der Waals surface area contributed by atoms with Crippen LogP contribution >= 0.6 is 11.3 Å². The van der Waals surface area contributed by atoms with Gasteiger partial charge in [0.05, 0.1) is 6.26 Å². The van der Waals surface area contributed by atoms with E-state index in [1.54, 1.807) is 13.0 Å². The van der Waals surface area contributed by atoms with Crippen molar-refractivity contribution in [2.45, 2.75) is 13.3 Å². The summed E-state index contributed by atoms with van der Waals surface area (Å²) in [5.41, 5.74) is 0. The van der Waals surface area contributed by atoms with Crippen LogP contribution in [0.5, 0.6) is 0 Å². The molecule has 9 nitrogen and oxygen atoms in total. The zero-order valence-electron chi connectivity index (χ0n) is 13.2. The highest BCUT2D eigenvalue weighted by molar-refractivity contribution is 7.88. The van der Waals surface area contributed by atoms with Crippen LogP contribution in [-0.4, -0.2) is 52.3 Å². The maximum atomic E-state index is 11.8. The highest BCUT2D eigenvalue weighted by Gasteiger charge is 2.14. The molecule has 0 saturated heterocycles. The molecule has 24 heavy (non-hydrogen) atoms. The second-order valence-electron chi connectivity index (χ2n) is 4.67. The first kappa shape index (κ1) is 20.1. The molecular formula is C13H19N3O6S2. The molecule has 0 aliphatic heterocycles. The van der Waals surface area contributed by atoms with Crippen LogP contribution in [0.25, 0.3) is 0 Å². The lowest BCUT2D eigenvalue weighted by molar-refractivity contribution is -0.123. The highest BCUT2D eigenvalue weighted by atomic mass is 32.2. The molecule has 1 heterocycles. The van der Waals surface area contributed by atoms with Crippen LogP contribution in [0.3, 0.4) is 0 Å². The van der Waals surface area contributed by atoms with E-state index in [1.807, 2.05) is 5.32 Å². The summed E-state index contributed by atoms with van der Waals surface area (Å²) >= 11 is 1.14. The summed E-state index contributed by atoms with van der Waals surface area (Å²) in [6.45, 7) is 1.72. The summed E-state index contributed by atoms with van der Waals surface area (Å²) in [6, 6.07) is 2.56. The number of imide groups is 1. The minimum Gasteiger partial charge on any atom is -0.451 e. The van der Waals surface area contributed by atoms with Gasteiger partial charge in [0.2, 0.25) is 10.0 Å². The Morgan fingerprint density at radius 3 is 2.58 bits per heavy atom. The van der Waals surface area contributed by atoms with Crippen molar-refractivity contribution in [3.05, 3.63) is 21.9 Å². The van der Waals surface area contributed by atoms with Gasteiger partial charge >= 0.3 is 12.0 Å². The first-order valence-electron chi connectivity index (χ1n) is 6.99. The van der Waals surface area contributed by atoms with Crippen LogP contribution in [0.2, 0.25) is 0 Å². The molecule has 0 fully saturated rings. The predicted octanol–water partition coefficient (Wildman–Crippen LogP) is -0.158. The minimum absolute atomic E-state index is 0.225. The lowest BCUT2D eigenvalue weighted by Gasteiger charge is -2.05. The van der Waals surface area contributed by atoms with Crippen LogP contribution < -0.4 is 15.4 Å². The summed E-state index contributed by atoms with van der Waals surface area (Å²) < 4.78 is 29.1. The number of rotatable bonds is 8. The molecule has 0 atom stereocenters. The number of sulfonamides is 1. The summed E-state index contributed by atoms with van der Waals surface area (Å²) in [5.74, 6) is -1.42. The average molecular weight is 377 g/mol. The Labute approximate surface area is 143 Å². The van der Waals surface area contributed by atoms with E-state index in [9.17, 15) is 22.8 Å². The van der Waals surface area contributed by atoms with Crippen molar-refractivity contribution in [3.8, 4) is 0 Å². The third-order valence-corrected chi connectivity index (χ3v) is 4.38. The van der Waals surface area contributed by atoms with Crippen LogP contribution in [0.1, 0.15) is 21.5 Å². The number of esters is 1. The summed E-state index contributed by atoms with van der Waals surface area (Å²) in [4.78, 5) is 35.4.